The number of nitrogens with one attached hydrogen (secondary N) is 4. The lowest BCUT2D eigenvalue weighted by Gasteiger charge is -2.13. The molecule has 3 aromatic rings. The highest BCUT2D eigenvalue weighted by molar-refractivity contribution is 6.04. The standard InChI is InChI=1S/C27H22N4O4/c1-4-18-9-7-11-21(13-18)28-26(33)30-23-15-20(25(32)35-6-3)16-24(17-23)31-27(34)29-22-12-8-10-19(5-2)14-22/h1-2,7-17H,6H2,3H3,(H2,28,30,33)(H2,29,31,34). The molecule has 0 atom stereocenters. The van der Waals surface area contributed by atoms with Crippen LogP contribution in [-0.4, -0.2) is 24.6 Å². The van der Waals surface area contributed by atoms with Gasteiger partial charge in [0.2, 0.25) is 0 Å². The van der Waals surface area contributed by atoms with Crippen LogP contribution < -0.4 is 21.3 Å². The second-order valence-electron chi connectivity index (χ2n) is 7.13. The fourth-order valence-electron chi connectivity index (χ4n) is 3.06. The van der Waals surface area contributed by atoms with Crippen molar-refractivity contribution in [3.05, 3.63) is 83.4 Å². The molecule has 0 aliphatic heterocycles. The number of carbonyl (C=O) groups is 3. The van der Waals surface area contributed by atoms with Crippen molar-refractivity contribution < 1.29 is 19.1 Å². The number of hydrogen-bond donors (Lipinski definition) is 4. The number of esters is 1. The Morgan fingerprint density at radius 2 is 1.17 bits per heavy atom. The predicted molar refractivity (Wildman–Crippen MR) is 136 cm³/mol. The van der Waals surface area contributed by atoms with Crippen LogP contribution in [0, 0.1) is 24.7 Å². The molecule has 0 aromatic heterocycles. The molecule has 0 heterocycles. The molecule has 0 aliphatic carbocycles. The van der Waals surface area contributed by atoms with E-state index in [1.165, 1.54) is 18.2 Å². The summed E-state index contributed by atoms with van der Waals surface area (Å²) in [6.45, 7) is 1.84. The maximum Gasteiger partial charge on any atom is 0.338 e. The second kappa shape index (κ2) is 11.6. The van der Waals surface area contributed by atoms with Crippen LogP contribution >= 0.6 is 0 Å². The third-order valence-corrected chi connectivity index (χ3v) is 4.53. The lowest BCUT2D eigenvalue weighted by molar-refractivity contribution is 0.0526. The van der Waals surface area contributed by atoms with E-state index in [9.17, 15) is 14.4 Å². The summed E-state index contributed by atoms with van der Waals surface area (Å²) in [7, 11) is 0. The van der Waals surface area contributed by atoms with Crippen molar-refractivity contribution in [2.24, 2.45) is 0 Å². The van der Waals surface area contributed by atoms with Crippen LogP contribution in [0.1, 0.15) is 28.4 Å². The zero-order valence-corrected chi connectivity index (χ0v) is 18.8. The average Bonchev–Trinajstić information content (AvgIpc) is 2.84. The molecule has 4 N–H and O–H groups in total. The third kappa shape index (κ3) is 7.14. The zero-order valence-electron chi connectivity index (χ0n) is 18.8. The van der Waals surface area contributed by atoms with Gasteiger partial charge in [-0.05, 0) is 61.5 Å². The van der Waals surface area contributed by atoms with Gasteiger partial charge in [-0.3, -0.25) is 0 Å². The Hall–Kier alpha value is -5.21. The summed E-state index contributed by atoms with van der Waals surface area (Å²) in [5, 5.41) is 10.6. The van der Waals surface area contributed by atoms with Gasteiger partial charge in [0.05, 0.1) is 12.2 Å². The van der Waals surface area contributed by atoms with Gasteiger partial charge in [0.25, 0.3) is 0 Å². The predicted octanol–water partition coefficient (Wildman–Crippen LogP) is 5.11. The number of terminal acetylenes is 2. The van der Waals surface area contributed by atoms with E-state index in [4.69, 9.17) is 17.6 Å². The van der Waals surface area contributed by atoms with Crippen molar-refractivity contribution in [3.8, 4) is 24.7 Å². The molecule has 8 heteroatoms. The second-order valence-corrected chi connectivity index (χ2v) is 7.13. The Kier molecular flexibility index (Phi) is 8.09. The minimum Gasteiger partial charge on any atom is -0.462 e. The Morgan fingerprint density at radius 3 is 1.60 bits per heavy atom. The highest BCUT2D eigenvalue weighted by Crippen LogP contribution is 2.21. The Balaban J connectivity index is 1.78. The van der Waals surface area contributed by atoms with Crippen molar-refractivity contribution in [1.29, 1.82) is 0 Å². The van der Waals surface area contributed by atoms with Crippen LogP contribution in [0.5, 0.6) is 0 Å². The maximum atomic E-state index is 12.5. The van der Waals surface area contributed by atoms with Gasteiger partial charge in [-0.25, -0.2) is 14.4 Å². The fourth-order valence-corrected chi connectivity index (χ4v) is 3.06. The summed E-state index contributed by atoms with van der Waals surface area (Å²) < 4.78 is 5.06. The van der Waals surface area contributed by atoms with Gasteiger partial charge in [0.15, 0.2) is 0 Å². The monoisotopic (exact) mass is 466 g/mol. The van der Waals surface area contributed by atoms with Crippen LogP contribution in [-0.2, 0) is 4.74 Å². The van der Waals surface area contributed by atoms with Crippen LogP contribution in [0.4, 0.5) is 32.3 Å². The SMILES string of the molecule is C#Cc1cccc(NC(=O)Nc2cc(NC(=O)Nc3cccc(C#C)c3)cc(C(=O)OCC)c2)c1. The molecule has 174 valence electrons. The van der Waals surface area contributed by atoms with Crippen molar-refractivity contribution in [3.63, 3.8) is 0 Å². The number of rotatable bonds is 6. The number of ether oxygens (including phenoxy) is 1. The van der Waals surface area contributed by atoms with Gasteiger partial charge in [-0.2, -0.15) is 0 Å². The van der Waals surface area contributed by atoms with Gasteiger partial charge >= 0.3 is 18.0 Å². The lowest BCUT2D eigenvalue weighted by atomic mass is 10.1. The van der Waals surface area contributed by atoms with Gasteiger partial charge in [-0.1, -0.05) is 24.0 Å². The van der Waals surface area contributed by atoms with E-state index < -0.39 is 18.0 Å². The van der Waals surface area contributed by atoms with Gasteiger partial charge < -0.3 is 26.0 Å². The summed E-state index contributed by atoms with van der Waals surface area (Å²) in [5.74, 6) is 4.38. The first-order valence-electron chi connectivity index (χ1n) is 10.5. The van der Waals surface area contributed by atoms with E-state index in [0.29, 0.717) is 22.5 Å². The lowest BCUT2D eigenvalue weighted by Crippen LogP contribution is -2.21. The van der Waals surface area contributed by atoms with E-state index in [0.717, 1.165) is 0 Å². The highest BCUT2D eigenvalue weighted by Gasteiger charge is 2.13. The van der Waals surface area contributed by atoms with E-state index >= 15 is 0 Å². The highest BCUT2D eigenvalue weighted by atomic mass is 16.5. The number of urea groups is 2. The van der Waals surface area contributed by atoms with Crippen molar-refractivity contribution >= 4 is 40.8 Å². The summed E-state index contributed by atoms with van der Waals surface area (Å²) in [6, 6.07) is 16.8. The van der Waals surface area contributed by atoms with Crippen LogP contribution in [0.2, 0.25) is 0 Å². The smallest absolute Gasteiger partial charge is 0.338 e. The summed E-state index contributed by atoms with van der Waals surface area (Å²) >= 11 is 0. The van der Waals surface area contributed by atoms with Crippen molar-refractivity contribution in [2.45, 2.75) is 6.92 Å². The largest absolute Gasteiger partial charge is 0.462 e. The molecular weight excluding hydrogens is 444 g/mol. The van der Waals surface area contributed by atoms with E-state index in [1.54, 1.807) is 55.5 Å². The molecule has 3 rings (SSSR count). The maximum absolute atomic E-state index is 12.5. The summed E-state index contributed by atoms with van der Waals surface area (Å²) in [4.78, 5) is 37.4. The van der Waals surface area contributed by atoms with E-state index in [2.05, 4.69) is 33.1 Å². The van der Waals surface area contributed by atoms with E-state index in [1.807, 2.05) is 0 Å². The number of amides is 4. The molecule has 3 aromatic carbocycles. The minimum atomic E-state index is -0.608. The molecule has 0 spiro atoms. The number of hydrogen-bond acceptors (Lipinski definition) is 4. The third-order valence-electron chi connectivity index (χ3n) is 4.53. The summed E-state index contributed by atoms with van der Waals surface area (Å²) in [6.07, 6.45) is 10.8. The first kappa shape index (κ1) is 24.4. The molecule has 0 bridgehead atoms. The molecule has 8 nitrogen and oxygen atoms in total. The average molecular weight is 466 g/mol. The summed E-state index contributed by atoms with van der Waals surface area (Å²) in [5.41, 5.74) is 2.85. The normalized spacial score (nSPS) is 9.69. The van der Waals surface area contributed by atoms with Gasteiger partial charge in [0, 0.05) is 33.9 Å². The first-order chi connectivity index (χ1) is 16.9. The molecule has 4 amide bonds. The number of anilines is 4. The molecule has 0 radical (unpaired) electrons. The van der Waals surface area contributed by atoms with Gasteiger partial charge in [-0.15, -0.1) is 12.8 Å². The Morgan fingerprint density at radius 1 is 0.714 bits per heavy atom. The minimum absolute atomic E-state index is 0.142. The molecule has 0 saturated carbocycles. The van der Waals surface area contributed by atoms with Crippen LogP contribution in [0.15, 0.2) is 66.7 Å². The van der Waals surface area contributed by atoms with Crippen molar-refractivity contribution in [1.82, 2.24) is 0 Å². The topological polar surface area (TPSA) is 109 Å². The first-order valence-corrected chi connectivity index (χ1v) is 10.5. The van der Waals surface area contributed by atoms with Crippen LogP contribution in [0.25, 0.3) is 0 Å². The zero-order chi connectivity index (χ0) is 25.2. The Bertz CT molecular complexity index is 1260. The van der Waals surface area contributed by atoms with Crippen molar-refractivity contribution in [2.75, 3.05) is 27.9 Å². The fraction of sp³-hybridized carbons (Fsp3) is 0.0741. The van der Waals surface area contributed by atoms with E-state index in [-0.39, 0.29) is 23.5 Å². The quantitative estimate of drug-likeness (QED) is 0.299. The molecule has 0 unspecified atom stereocenters. The number of benzene rings is 3. The number of carbonyl (C=O) groups excluding carboxylic acids is 3. The van der Waals surface area contributed by atoms with Crippen LogP contribution in [0.3, 0.4) is 0 Å². The van der Waals surface area contributed by atoms with Gasteiger partial charge in [0.1, 0.15) is 0 Å². The molecule has 35 heavy (non-hydrogen) atoms. The molecule has 0 saturated heterocycles. The molecule has 0 aliphatic rings. The molecule has 0 fully saturated rings. The Labute approximate surface area is 203 Å². The molecular formula is C27H22N4O4.